The molecule has 0 aromatic heterocycles. The van der Waals surface area contributed by atoms with Crippen molar-refractivity contribution in [1.82, 2.24) is 0 Å². The van der Waals surface area contributed by atoms with Crippen LogP contribution in [0.15, 0.2) is 42.5 Å². The number of amides is 2. The highest BCUT2D eigenvalue weighted by molar-refractivity contribution is 6.07. The van der Waals surface area contributed by atoms with Gasteiger partial charge in [0.05, 0.1) is 17.8 Å². The molecule has 5 heteroatoms. The molecule has 0 saturated carbocycles. The van der Waals surface area contributed by atoms with Gasteiger partial charge in [-0.15, -0.1) is 0 Å². The number of carbonyl (C=O) groups is 2. The summed E-state index contributed by atoms with van der Waals surface area (Å²) in [6.45, 7) is 0. The zero-order valence-electron chi connectivity index (χ0n) is 10.6. The Morgan fingerprint density at radius 3 is 2.80 bits per heavy atom. The summed E-state index contributed by atoms with van der Waals surface area (Å²) in [5, 5.41) is 5.49. The summed E-state index contributed by atoms with van der Waals surface area (Å²) < 4.78 is 0. The summed E-state index contributed by atoms with van der Waals surface area (Å²) in [4.78, 5) is 23.5. The second-order valence-corrected chi connectivity index (χ2v) is 4.64. The molecule has 0 atom stereocenters. The fourth-order valence-electron chi connectivity index (χ4n) is 2.18. The molecule has 1 aliphatic rings. The largest absolute Gasteiger partial charge is 0.397 e. The Morgan fingerprint density at radius 1 is 1.20 bits per heavy atom. The van der Waals surface area contributed by atoms with Gasteiger partial charge < -0.3 is 16.4 Å². The molecule has 1 aliphatic heterocycles. The molecule has 0 unspecified atom stereocenters. The molecule has 3 rings (SSSR count). The Bertz CT molecular complexity index is 710. The van der Waals surface area contributed by atoms with E-state index in [4.69, 9.17) is 5.73 Å². The molecule has 20 heavy (non-hydrogen) atoms. The third-order valence-electron chi connectivity index (χ3n) is 3.20. The lowest BCUT2D eigenvalue weighted by Gasteiger charge is -2.08. The molecule has 0 saturated heterocycles. The van der Waals surface area contributed by atoms with Crippen molar-refractivity contribution in [1.29, 1.82) is 0 Å². The Morgan fingerprint density at radius 2 is 2.00 bits per heavy atom. The molecule has 4 N–H and O–H groups in total. The van der Waals surface area contributed by atoms with Crippen molar-refractivity contribution in [3.8, 4) is 0 Å². The zero-order valence-corrected chi connectivity index (χ0v) is 10.6. The molecule has 2 amide bonds. The topological polar surface area (TPSA) is 84.2 Å². The summed E-state index contributed by atoms with van der Waals surface area (Å²) in [5.74, 6) is -0.296. The van der Waals surface area contributed by atoms with E-state index in [2.05, 4.69) is 10.6 Å². The van der Waals surface area contributed by atoms with Gasteiger partial charge in [0, 0.05) is 11.3 Å². The van der Waals surface area contributed by atoms with Gasteiger partial charge in [0.1, 0.15) is 0 Å². The van der Waals surface area contributed by atoms with E-state index in [9.17, 15) is 9.59 Å². The molecule has 2 aromatic carbocycles. The number of benzene rings is 2. The second-order valence-electron chi connectivity index (χ2n) is 4.64. The highest BCUT2D eigenvalue weighted by Crippen LogP contribution is 2.25. The lowest BCUT2D eigenvalue weighted by molar-refractivity contribution is -0.115. The number of nitrogens with two attached hydrogens (primary N) is 1. The van der Waals surface area contributed by atoms with Gasteiger partial charge in [0.2, 0.25) is 5.91 Å². The first-order valence-corrected chi connectivity index (χ1v) is 6.22. The van der Waals surface area contributed by atoms with Crippen LogP contribution in [-0.4, -0.2) is 11.8 Å². The third-order valence-corrected chi connectivity index (χ3v) is 3.20. The molecule has 0 aliphatic carbocycles. The van der Waals surface area contributed by atoms with Crippen LogP contribution in [0.5, 0.6) is 0 Å². The Balaban J connectivity index is 1.84. The van der Waals surface area contributed by atoms with Crippen molar-refractivity contribution in [2.45, 2.75) is 6.42 Å². The number of hydrogen-bond acceptors (Lipinski definition) is 3. The van der Waals surface area contributed by atoms with E-state index in [1.807, 2.05) is 0 Å². The van der Waals surface area contributed by atoms with Gasteiger partial charge in [0.15, 0.2) is 0 Å². The van der Waals surface area contributed by atoms with Crippen molar-refractivity contribution >= 4 is 28.9 Å². The highest BCUT2D eigenvalue weighted by Gasteiger charge is 2.19. The number of rotatable bonds is 2. The number of nitrogens with one attached hydrogen (secondary N) is 2. The number of nitrogen functional groups attached to an aromatic ring is 1. The molecular formula is C15H13N3O2. The number of carbonyl (C=O) groups excluding carboxylic acids is 2. The van der Waals surface area contributed by atoms with Crippen LogP contribution in [0, 0.1) is 0 Å². The molecule has 0 bridgehead atoms. The van der Waals surface area contributed by atoms with Crippen LogP contribution < -0.4 is 16.4 Å². The first-order valence-electron chi connectivity index (χ1n) is 6.22. The van der Waals surface area contributed by atoms with E-state index >= 15 is 0 Å². The van der Waals surface area contributed by atoms with Crippen molar-refractivity contribution in [3.63, 3.8) is 0 Å². The van der Waals surface area contributed by atoms with E-state index in [1.165, 1.54) is 0 Å². The standard InChI is InChI=1S/C15H13N3O2/c16-11-3-1-2-4-13(11)18-15(20)9-5-6-12-10(7-9)8-14(19)17-12/h1-7H,8,16H2,(H,17,19)(H,18,20). The van der Waals surface area contributed by atoms with E-state index in [1.54, 1.807) is 42.5 Å². The normalized spacial score (nSPS) is 12.7. The summed E-state index contributed by atoms with van der Waals surface area (Å²) in [6, 6.07) is 12.2. The number of para-hydroxylation sites is 2. The Labute approximate surface area is 115 Å². The minimum Gasteiger partial charge on any atom is -0.397 e. The first kappa shape index (κ1) is 12.2. The predicted octanol–water partition coefficient (Wildman–Crippen LogP) is 2.02. The maximum atomic E-state index is 12.2. The van der Waals surface area contributed by atoms with Crippen LogP contribution in [0.2, 0.25) is 0 Å². The van der Waals surface area contributed by atoms with Crippen LogP contribution in [0.3, 0.4) is 0 Å². The van der Waals surface area contributed by atoms with Gasteiger partial charge in [-0.2, -0.15) is 0 Å². The quantitative estimate of drug-likeness (QED) is 0.728. The van der Waals surface area contributed by atoms with Gasteiger partial charge in [-0.1, -0.05) is 12.1 Å². The van der Waals surface area contributed by atoms with Crippen molar-refractivity contribution < 1.29 is 9.59 Å². The predicted molar refractivity (Wildman–Crippen MR) is 77.6 cm³/mol. The smallest absolute Gasteiger partial charge is 0.255 e. The van der Waals surface area contributed by atoms with Crippen molar-refractivity contribution in [3.05, 3.63) is 53.6 Å². The minimum atomic E-state index is -0.245. The van der Waals surface area contributed by atoms with E-state index in [0.717, 1.165) is 11.3 Å². The Kier molecular flexibility index (Phi) is 2.87. The van der Waals surface area contributed by atoms with Crippen LogP contribution in [0.4, 0.5) is 17.1 Å². The van der Waals surface area contributed by atoms with Crippen LogP contribution in [0.1, 0.15) is 15.9 Å². The molecule has 0 spiro atoms. The molecule has 2 aromatic rings. The molecule has 1 heterocycles. The molecule has 0 fully saturated rings. The van der Waals surface area contributed by atoms with Crippen LogP contribution >= 0.6 is 0 Å². The lowest BCUT2D eigenvalue weighted by Crippen LogP contribution is -2.13. The fourth-order valence-corrected chi connectivity index (χ4v) is 2.18. The molecule has 0 radical (unpaired) electrons. The maximum Gasteiger partial charge on any atom is 0.255 e. The second kappa shape index (κ2) is 4.70. The molecule has 5 nitrogen and oxygen atoms in total. The van der Waals surface area contributed by atoms with E-state index in [-0.39, 0.29) is 11.8 Å². The highest BCUT2D eigenvalue weighted by atomic mass is 16.2. The van der Waals surface area contributed by atoms with Gasteiger partial charge in [-0.3, -0.25) is 9.59 Å². The SMILES string of the molecule is Nc1ccccc1NC(=O)c1ccc2c(c1)CC(=O)N2. The Hall–Kier alpha value is -2.82. The minimum absolute atomic E-state index is 0.0511. The van der Waals surface area contributed by atoms with Gasteiger partial charge >= 0.3 is 0 Å². The number of hydrogen-bond donors (Lipinski definition) is 3. The number of anilines is 3. The first-order chi connectivity index (χ1) is 9.63. The lowest BCUT2D eigenvalue weighted by atomic mass is 10.1. The monoisotopic (exact) mass is 267 g/mol. The summed E-state index contributed by atoms with van der Waals surface area (Å²) in [5.41, 5.74) is 8.98. The maximum absolute atomic E-state index is 12.2. The number of fused-ring (bicyclic) bond motifs is 1. The average Bonchev–Trinajstić information content (AvgIpc) is 2.80. The zero-order chi connectivity index (χ0) is 14.1. The molecule has 100 valence electrons. The van der Waals surface area contributed by atoms with Crippen LogP contribution in [0.25, 0.3) is 0 Å². The van der Waals surface area contributed by atoms with Gasteiger partial charge in [-0.05, 0) is 35.9 Å². The average molecular weight is 267 g/mol. The fraction of sp³-hybridized carbons (Fsp3) is 0.0667. The van der Waals surface area contributed by atoms with Crippen molar-refractivity contribution in [2.75, 3.05) is 16.4 Å². The van der Waals surface area contributed by atoms with E-state index in [0.29, 0.717) is 23.4 Å². The summed E-state index contributed by atoms with van der Waals surface area (Å²) >= 11 is 0. The van der Waals surface area contributed by atoms with Crippen molar-refractivity contribution in [2.24, 2.45) is 0 Å². The van der Waals surface area contributed by atoms with E-state index < -0.39 is 0 Å². The van der Waals surface area contributed by atoms with Crippen LogP contribution in [-0.2, 0) is 11.2 Å². The summed E-state index contributed by atoms with van der Waals surface area (Å²) in [7, 11) is 0. The summed E-state index contributed by atoms with van der Waals surface area (Å²) in [6.07, 6.45) is 0.309. The molecular weight excluding hydrogens is 254 g/mol. The van der Waals surface area contributed by atoms with Gasteiger partial charge in [0.25, 0.3) is 5.91 Å². The third kappa shape index (κ3) is 2.21. The van der Waals surface area contributed by atoms with Gasteiger partial charge in [-0.25, -0.2) is 0 Å².